The number of halogens is 2. The van der Waals surface area contributed by atoms with Gasteiger partial charge in [0.1, 0.15) is 10.8 Å². The lowest BCUT2D eigenvalue weighted by Gasteiger charge is -2.20. The van der Waals surface area contributed by atoms with Crippen molar-refractivity contribution >= 4 is 28.9 Å². The van der Waals surface area contributed by atoms with Crippen LogP contribution in [0.1, 0.15) is 6.42 Å². The number of rotatable bonds is 4. The number of anilines is 1. The Bertz CT molecular complexity index is 415. The van der Waals surface area contributed by atoms with Gasteiger partial charge in [-0.15, -0.1) is 0 Å². The summed E-state index contributed by atoms with van der Waals surface area (Å²) in [6, 6.07) is 5.66. The van der Waals surface area contributed by atoms with Gasteiger partial charge in [-0.25, -0.2) is 0 Å². The smallest absolute Gasteiger partial charge is 0.139 e. The molecule has 0 atom stereocenters. The maximum atomic E-state index is 8.51. The second-order valence-electron chi connectivity index (χ2n) is 3.24. The Kier molecular flexibility index (Phi) is 4.72. The van der Waals surface area contributed by atoms with E-state index in [2.05, 4.69) is 6.07 Å². The summed E-state index contributed by atoms with van der Waals surface area (Å²) in [6.07, 6.45) is 0.441. The predicted molar refractivity (Wildman–Crippen MR) is 66.5 cm³/mol. The molecule has 1 aromatic carbocycles. The molecule has 0 heterocycles. The SMILES string of the molecule is COc1ccc(N(C)CCC#N)c(Cl)c1Cl. The van der Waals surface area contributed by atoms with Gasteiger partial charge in [0.25, 0.3) is 0 Å². The summed E-state index contributed by atoms with van der Waals surface area (Å²) < 4.78 is 5.05. The van der Waals surface area contributed by atoms with E-state index < -0.39 is 0 Å². The van der Waals surface area contributed by atoms with Crippen molar-refractivity contribution in [2.75, 3.05) is 25.6 Å². The Hall–Kier alpha value is -1.11. The van der Waals surface area contributed by atoms with Gasteiger partial charge in [-0.05, 0) is 12.1 Å². The molecule has 0 saturated heterocycles. The van der Waals surface area contributed by atoms with Crippen LogP contribution in [0.25, 0.3) is 0 Å². The number of nitriles is 1. The van der Waals surface area contributed by atoms with Crippen LogP contribution in [0, 0.1) is 11.3 Å². The molecule has 0 aromatic heterocycles. The van der Waals surface area contributed by atoms with Crippen molar-refractivity contribution in [2.24, 2.45) is 0 Å². The lowest BCUT2D eigenvalue weighted by Crippen LogP contribution is -2.18. The van der Waals surface area contributed by atoms with E-state index in [0.29, 0.717) is 28.8 Å². The molecule has 5 heteroatoms. The predicted octanol–water partition coefficient (Wildman–Crippen LogP) is 3.35. The molecule has 0 aliphatic rings. The van der Waals surface area contributed by atoms with Gasteiger partial charge in [-0.2, -0.15) is 5.26 Å². The van der Waals surface area contributed by atoms with Crippen molar-refractivity contribution in [1.82, 2.24) is 0 Å². The zero-order valence-electron chi connectivity index (χ0n) is 9.13. The molecule has 0 bridgehead atoms. The van der Waals surface area contributed by atoms with Gasteiger partial charge in [0.2, 0.25) is 0 Å². The molecule has 0 spiro atoms. The molecule has 0 radical (unpaired) electrons. The highest BCUT2D eigenvalue weighted by molar-refractivity contribution is 6.44. The highest BCUT2D eigenvalue weighted by Gasteiger charge is 2.13. The van der Waals surface area contributed by atoms with Crippen molar-refractivity contribution < 1.29 is 4.74 Å². The normalized spacial score (nSPS) is 9.69. The Labute approximate surface area is 105 Å². The monoisotopic (exact) mass is 258 g/mol. The average molecular weight is 259 g/mol. The third-order valence-electron chi connectivity index (χ3n) is 2.22. The average Bonchev–Trinajstić information content (AvgIpc) is 2.29. The fourth-order valence-corrected chi connectivity index (χ4v) is 1.85. The van der Waals surface area contributed by atoms with Gasteiger partial charge < -0.3 is 9.64 Å². The fourth-order valence-electron chi connectivity index (χ4n) is 1.31. The Morgan fingerprint density at radius 1 is 1.38 bits per heavy atom. The van der Waals surface area contributed by atoms with Gasteiger partial charge in [0, 0.05) is 13.6 Å². The standard InChI is InChI=1S/C11H12Cl2N2O/c1-15(7-3-6-14)8-4-5-9(16-2)11(13)10(8)12/h4-5H,3,7H2,1-2H3. The Balaban J connectivity index is 2.98. The topological polar surface area (TPSA) is 36.3 Å². The summed E-state index contributed by atoms with van der Waals surface area (Å²) in [7, 11) is 3.40. The van der Waals surface area contributed by atoms with Crippen LogP contribution in [0.15, 0.2) is 12.1 Å². The number of benzene rings is 1. The zero-order valence-corrected chi connectivity index (χ0v) is 10.6. The van der Waals surface area contributed by atoms with E-state index in [0.717, 1.165) is 5.69 Å². The molecule has 0 unspecified atom stereocenters. The van der Waals surface area contributed by atoms with Crippen molar-refractivity contribution in [3.63, 3.8) is 0 Å². The molecule has 1 aromatic rings. The molecule has 1 rings (SSSR count). The Morgan fingerprint density at radius 2 is 2.06 bits per heavy atom. The number of ether oxygens (including phenoxy) is 1. The first-order valence-corrected chi connectivity index (χ1v) is 5.47. The van der Waals surface area contributed by atoms with Crippen LogP contribution >= 0.6 is 23.2 Å². The summed E-state index contributed by atoms with van der Waals surface area (Å²) in [5, 5.41) is 9.35. The molecule has 86 valence electrons. The summed E-state index contributed by atoms with van der Waals surface area (Å²) in [5.74, 6) is 0.545. The van der Waals surface area contributed by atoms with E-state index in [1.54, 1.807) is 6.07 Å². The fraction of sp³-hybridized carbons (Fsp3) is 0.364. The molecule has 3 nitrogen and oxygen atoms in total. The number of methoxy groups -OCH3 is 1. The first-order chi connectivity index (χ1) is 7.61. The second-order valence-corrected chi connectivity index (χ2v) is 4.00. The molecule has 0 aliphatic heterocycles. The largest absolute Gasteiger partial charge is 0.495 e. The summed E-state index contributed by atoms with van der Waals surface area (Å²) in [5.41, 5.74) is 0.794. The van der Waals surface area contributed by atoms with E-state index in [9.17, 15) is 0 Å². The molecule has 16 heavy (non-hydrogen) atoms. The van der Waals surface area contributed by atoms with Crippen LogP contribution in [0.5, 0.6) is 5.75 Å². The molecule has 0 fully saturated rings. The van der Waals surface area contributed by atoms with Crippen LogP contribution in [-0.2, 0) is 0 Å². The highest BCUT2D eigenvalue weighted by atomic mass is 35.5. The molecular weight excluding hydrogens is 247 g/mol. The Morgan fingerprint density at radius 3 is 2.62 bits per heavy atom. The van der Waals surface area contributed by atoms with E-state index in [-0.39, 0.29) is 0 Å². The van der Waals surface area contributed by atoms with Crippen LogP contribution in [-0.4, -0.2) is 20.7 Å². The van der Waals surface area contributed by atoms with Crippen LogP contribution in [0.4, 0.5) is 5.69 Å². The molecule has 0 N–H and O–H groups in total. The van der Waals surface area contributed by atoms with E-state index in [4.69, 9.17) is 33.2 Å². The molecular formula is C11H12Cl2N2O. The lowest BCUT2D eigenvalue weighted by molar-refractivity contribution is 0.415. The minimum atomic E-state index is 0.394. The summed E-state index contributed by atoms with van der Waals surface area (Å²) >= 11 is 12.1. The minimum absolute atomic E-state index is 0.394. The van der Waals surface area contributed by atoms with Gasteiger partial charge in [-0.3, -0.25) is 0 Å². The molecule has 0 amide bonds. The minimum Gasteiger partial charge on any atom is -0.495 e. The third kappa shape index (κ3) is 2.72. The van der Waals surface area contributed by atoms with Crippen LogP contribution in [0.2, 0.25) is 10.0 Å². The third-order valence-corrected chi connectivity index (χ3v) is 3.07. The van der Waals surface area contributed by atoms with Gasteiger partial charge in [-0.1, -0.05) is 23.2 Å². The van der Waals surface area contributed by atoms with E-state index >= 15 is 0 Å². The number of hydrogen-bond donors (Lipinski definition) is 0. The van der Waals surface area contributed by atoms with Crippen molar-refractivity contribution in [3.8, 4) is 11.8 Å². The highest BCUT2D eigenvalue weighted by Crippen LogP contribution is 2.38. The molecule has 0 saturated carbocycles. The number of nitrogens with zero attached hydrogens (tertiary/aromatic N) is 2. The van der Waals surface area contributed by atoms with E-state index in [1.807, 2.05) is 18.0 Å². The number of hydrogen-bond acceptors (Lipinski definition) is 3. The van der Waals surface area contributed by atoms with Gasteiger partial charge in [0.05, 0.1) is 30.3 Å². The van der Waals surface area contributed by atoms with Crippen LogP contribution < -0.4 is 9.64 Å². The van der Waals surface area contributed by atoms with Crippen molar-refractivity contribution in [1.29, 1.82) is 5.26 Å². The van der Waals surface area contributed by atoms with Gasteiger partial charge in [0.15, 0.2) is 0 Å². The van der Waals surface area contributed by atoms with Crippen molar-refractivity contribution in [2.45, 2.75) is 6.42 Å². The van der Waals surface area contributed by atoms with E-state index in [1.165, 1.54) is 7.11 Å². The summed E-state index contributed by atoms with van der Waals surface area (Å²) in [6.45, 7) is 0.610. The summed E-state index contributed by atoms with van der Waals surface area (Å²) in [4.78, 5) is 1.89. The van der Waals surface area contributed by atoms with Gasteiger partial charge >= 0.3 is 0 Å². The van der Waals surface area contributed by atoms with Crippen LogP contribution in [0.3, 0.4) is 0 Å². The zero-order chi connectivity index (χ0) is 12.1. The first-order valence-electron chi connectivity index (χ1n) is 4.72. The van der Waals surface area contributed by atoms with Crippen molar-refractivity contribution in [3.05, 3.63) is 22.2 Å². The molecule has 0 aliphatic carbocycles. The maximum absolute atomic E-state index is 8.51. The first kappa shape index (κ1) is 13.0. The second kappa shape index (κ2) is 5.83. The lowest BCUT2D eigenvalue weighted by atomic mass is 10.2. The quantitative estimate of drug-likeness (QED) is 0.831. The maximum Gasteiger partial charge on any atom is 0.139 e.